The molecule has 2 rings (SSSR count). The van der Waals surface area contributed by atoms with E-state index in [2.05, 4.69) is 26.1 Å². The lowest BCUT2D eigenvalue weighted by atomic mass is 10.2. The average Bonchev–Trinajstić information content (AvgIpc) is 2.88. The lowest BCUT2D eigenvalue weighted by Gasteiger charge is -2.26. The number of likely N-dealkylation sites (N-methyl/N-ethyl adjacent to an activating group) is 1. The molecule has 1 aliphatic rings. The monoisotopic (exact) mass is 327 g/mol. The van der Waals surface area contributed by atoms with Crippen molar-refractivity contribution < 1.29 is 4.92 Å². The number of hydrogen-bond donors (Lipinski definition) is 1. The van der Waals surface area contributed by atoms with Gasteiger partial charge in [0.05, 0.1) is 4.92 Å². The van der Waals surface area contributed by atoms with E-state index in [0.29, 0.717) is 11.7 Å². The third-order valence-electron chi connectivity index (χ3n) is 3.46. The maximum atomic E-state index is 11.1. The third-order valence-corrected chi connectivity index (χ3v) is 3.95. The van der Waals surface area contributed by atoms with Gasteiger partial charge in [-0.05, 0) is 38.4 Å². The van der Waals surface area contributed by atoms with E-state index in [1.807, 2.05) is 13.0 Å². The largest absolute Gasteiger partial charge is 0.365 e. The Bertz CT molecular complexity index is 461. The molecule has 1 saturated heterocycles. The Hall–Kier alpha value is -1.14. The predicted molar refractivity (Wildman–Crippen MR) is 79.7 cm³/mol. The average molecular weight is 328 g/mol. The van der Waals surface area contributed by atoms with Crippen molar-refractivity contribution in [1.29, 1.82) is 0 Å². The Balaban J connectivity index is 2.25. The van der Waals surface area contributed by atoms with E-state index in [1.54, 1.807) is 12.1 Å². The van der Waals surface area contributed by atoms with Gasteiger partial charge >= 0.3 is 0 Å². The van der Waals surface area contributed by atoms with Crippen molar-refractivity contribution in [2.24, 2.45) is 0 Å². The fourth-order valence-electron chi connectivity index (χ4n) is 2.48. The van der Waals surface area contributed by atoms with Crippen LogP contribution in [0.5, 0.6) is 0 Å². The lowest BCUT2D eigenvalue weighted by Crippen LogP contribution is -2.37. The normalized spacial score (nSPS) is 18.5. The maximum Gasteiger partial charge on any atom is 0.292 e. The minimum absolute atomic E-state index is 0.169. The molecule has 0 aliphatic carbocycles. The highest BCUT2D eigenvalue weighted by Crippen LogP contribution is 2.31. The summed E-state index contributed by atoms with van der Waals surface area (Å²) in [5.74, 6) is 0. The molecule has 1 unspecified atom stereocenters. The molecule has 1 aromatic carbocycles. The first-order valence-corrected chi connectivity index (χ1v) is 7.33. The van der Waals surface area contributed by atoms with Gasteiger partial charge in [-0.1, -0.05) is 15.9 Å². The van der Waals surface area contributed by atoms with Gasteiger partial charge in [-0.2, -0.15) is 0 Å². The molecule has 1 fully saturated rings. The zero-order valence-corrected chi connectivity index (χ0v) is 12.5. The van der Waals surface area contributed by atoms with Crippen molar-refractivity contribution in [1.82, 2.24) is 5.32 Å². The molecule has 1 N–H and O–H groups in total. The van der Waals surface area contributed by atoms with Gasteiger partial charge in [-0.25, -0.2) is 0 Å². The number of benzene rings is 1. The second-order valence-corrected chi connectivity index (χ2v) is 5.64. The van der Waals surface area contributed by atoms with E-state index in [1.165, 1.54) is 6.42 Å². The molecule has 104 valence electrons. The number of rotatable bonds is 5. The van der Waals surface area contributed by atoms with Crippen molar-refractivity contribution in [2.75, 3.05) is 24.5 Å². The molecule has 6 heteroatoms. The number of nitro benzene ring substituents is 1. The van der Waals surface area contributed by atoms with Gasteiger partial charge in [0.25, 0.3) is 5.69 Å². The van der Waals surface area contributed by atoms with E-state index in [0.717, 1.165) is 30.5 Å². The number of anilines is 1. The van der Waals surface area contributed by atoms with E-state index in [4.69, 9.17) is 0 Å². The van der Waals surface area contributed by atoms with Gasteiger partial charge in [-0.15, -0.1) is 0 Å². The number of nitro groups is 1. The molecule has 0 bridgehead atoms. The van der Waals surface area contributed by atoms with Gasteiger partial charge in [0.15, 0.2) is 0 Å². The van der Waals surface area contributed by atoms with Crippen LogP contribution in [0.2, 0.25) is 0 Å². The summed E-state index contributed by atoms with van der Waals surface area (Å²) in [6, 6.07) is 5.53. The van der Waals surface area contributed by atoms with Crippen molar-refractivity contribution in [3.8, 4) is 0 Å². The summed E-state index contributed by atoms with van der Waals surface area (Å²) in [6.45, 7) is 4.64. The van der Waals surface area contributed by atoms with Crippen LogP contribution in [0, 0.1) is 10.1 Å². The number of hydrogen-bond acceptors (Lipinski definition) is 4. The molecule has 5 nitrogen and oxygen atoms in total. The van der Waals surface area contributed by atoms with Crippen LogP contribution < -0.4 is 10.2 Å². The lowest BCUT2D eigenvalue weighted by molar-refractivity contribution is -0.384. The van der Waals surface area contributed by atoms with Crippen LogP contribution in [0.1, 0.15) is 19.8 Å². The minimum Gasteiger partial charge on any atom is -0.365 e. The quantitative estimate of drug-likeness (QED) is 0.667. The second kappa shape index (κ2) is 6.34. The van der Waals surface area contributed by atoms with Gasteiger partial charge in [0, 0.05) is 29.7 Å². The molecule has 19 heavy (non-hydrogen) atoms. The van der Waals surface area contributed by atoms with Crippen LogP contribution in [-0.2, 0) is 0 Å². The van der Waals surface area contributed by atoms with Crippen molar-refractivity contribution in [2.45, 2.75) is 25.8 Å². The summed E-state index contributed by atoms with van der Waals surface area (Å²) < 4.78 is 0.867. The number of nitrogens with one attached hydrogen (secondary N) is 1. The second-order valence-electron chi connectivity index (χ2n) is 4.72. The summed E-state index contributed by atoms with van der Waals surface area (Å²) in [6.07, 6.45) is 2.32. The van der Waals surface area contributed by atoms with Crippen LogP contribution in [0.3, 0.4) is 0 Å². The van der Waals surface area contributed by atoms with Crippen LogP contribution in [-0.4, -0.2) is 30.6 Å². The summed E-state index contributed by atoms with van der Waals surface area (Å²) in [5, 5.41) is 14.6. The zero-order chi connectivity index (χ0) is 13.8. The summed E-state index contributed by atoms with van der Waals surface area (Å²) in [4.78, 5) is 12.9. The fourth-order valence-corrected chi connectivity index (χ4v) is 2.83. The molecule has 1 heterocycles. The first kappa shape index (κ1) is 14.3. The summed E-state index contributed by atoms with van der Waals surface area (Å²) >= 11 is 3.39. The minimum atomic E-state index is -0.313. The molecular weight excluding hydrogens is 310 g/mol. The third kappa shape index (κ3) is 3.45. The number of halogens is 1. The van der Waals surface area contributed by atoms with Crippen LogP contribution in [0.15, 0.2) is 22.7 Å². The molecule has 0 saturated carbocycles. The smallest absolute Gasteiger partial charge is 0.292 e. The topological polar surface area (TPSA) is 58.4 Å². The van der Waals surface area contributed by atoms with Gasteiger partial charge in [0.1, 0.15) is 5.69 Å². The maximum absolute atomic E-state index is 11.1. The van der Waals surface area contributed by atoms with E-state index < -0.39 is 0 Å². The van der Waals surface area contributed by atoms with Crippen molar-refractivity contribution in [3.63, 3.8) is 0 Å². The Morgan fingerprint density at radius 2 is 2.37 bits per heavy atom. The molecule has 1 atom stereocenters. The highest BCUT2D eigenvalue weighted by atomic mass is 79.9. The Morgan fingerprint density at radius 1 is 1.58 bits per heavy atom. The van der Waals surface area contributed by atoms with Crippen molar-refractivity contribution in [3.05, 3.63) is 32.8 Å². The molecule has 0 amide bonds. The van der Waals surface area contributed by atoms with Crippen molar-refractivity contribution >= 4 is 27.3 Å². The van der Waals surface area contributed by atoms with Crippen LogP contribution in [0.4, 0.5) is 11.4 Å². The fraction of sp³-hybridized carbons (Fsp3) is 0.538. The molecule has 0 spiro atoms. The van der Waals surface area contributed by atoms with Gasteiger partial charge < -0.3 is 10.2 Å². The SMILES string of the molecule is CCN(CC1CCCN1)c1cc(Br)ccc1[N+](=O)[O-]. The predicted octanol–water partition coefficient (Wildman–Crippen LogP) is 2.94. The van der Waals surface area contributed by atoms with E-state index in [9.17, 15) is 10.1 Å². The van der Waals surface area contributed by atoms with E-state index >= 15 is 0 Å². The highest BCUT2D eigenvalue weighted by Gasteiger charge is 2.23. The molecule has 1 aromatic rings. The van der Waals surface area contributed by atoms with Crippen LogP contribution in [0.25, 0.3) is 0 Å². The molecule has 1 aliphatic heterocycles. The molecule has 0 aromatic heterocycles. The summed E-state index contributed by atoms with van der Waals surface area (Å²) in [5.41, 5.74) is 0.860. The molecular formula is C13H18BrN3O2. The van der Waals surface area contributed by atoms with Crippen LogP contribution >= 0.6 is 15.9 Å². The van der Waals surface area contributed by atoms with Gasteiger partial charge in [0.2, 0.25) is 0 Å². The first-order chi connectivity index (χ1) is 9.11. The zero-order valence-electron chi connectivity index (χ0n) is 10.9. The highest BCUT2D eigenvalue weighted by molar-refractivity contribution is 9.10. The standard InChI is InChI=1S/C13H18BrN3O2/c1-2-16(9-11-4-3-7-15-11)13-8-10(14)5-6-12(13)17(18)19/h5-6,8,11,15H,2-4,7,9H2,1H3. The summed E-state index contributed by atoms with van der Waals surface area (Å²) in [7, 11) is 0. The number of nitrogens with zero attached hydrogens (tertiary/aromatic N) is 2. The van der Waals surface area contributed by atoms with Gasteiger partial charge in [-0.3, -0.25) is 10.1 Å². The Labute approximate surface area is 121 Å². The first-order valence-electron chi connectivity index (χ1n) is 6.54. The molecule has 0 radical (unpaired) electrons. The Morgan fingerprint density at radius 3 is 2.95 bits per heavy atom. The Kier molecular flexibility index (Phi) is 4.76. The van der Waals surface area contributed by atoms with E-state index in [-0.39, 0.29) is 10.6 Å².